The van der Waals surface area contributed by atoms with Crippen LogP contribution >= 0.6 is 11.3 Å². The summed E-state index contributed by atoms with van der Waals surface area (Å²) >= 11 is 1.60. The van der Waals surface area contributed by atoms with E-state index < -0.39 is 0 Å². The summed E-state index contributed by atoms with van der Waals surface area (Å²) in [6.45, 7) is 2.44. The van der Waals surface area contributed by atoms with Gasteiger partial charge < -0.3 is 19.7 Å². The highest BCUT2D eigenvalue weighted by Crippen LogP contribution is 2.31. The fraction of sp³-hybridized carbons (Fsp3) is 0.259. The molecule has 1 aliphatic heterocycles. The molecule has 1 saturated heterocycles. The Morgan fingerprint density at radius 1 is 1.24 bits per heavy atom. The van der Waals surface area contributed by atoms with Gasteiger partial charge in [0.2, 0.25) is 11.9 Å². The van der Waals surface area contributed by atoms with Gasteiger partial charge in [-0.05, 0) is 35.4 Å². The summed E-state index contributed by atoms with van der Waals surface area (Å²) in [6, 6.07) is 15.7. The number of anilines is 1. The lowest BCUT2D eigenvalue weighted by molar-refractivity contribution is -0.120. The predicted octanol–water partition coefficient (Wildman–Crippen LogP) is 4.01. The normalized spacial score (nSPS) is 15.8. The molecule has 1 aliphatic rings. The summed E-state index contributed by atoms with van der Waals surface area (Å²) in [6.07, 6.45) is 3.95. The number of ether oxygens (including phenoxy) is 2. The van der Waals surface area contributed by atoms with E-state index in [0.717, 1.165) is 49.4 Å². The first kappa shape index (κ1) is 23.4. The van der Waals surface area contributed by atoms with Crippen molar-refractivity contribution in [2.24, 2.45) is 0 Å². The topological polar surface area (TPSA) is 105 Å². The summed E-state index contributed by atoms with van der Waals surface area (Å²) in [5.74, 6) is 1.44. The van der Waals surface area contributed by atoms with Crippen LogP contribution in [0.25, 0.3) is 21.1 Å². The van der Waals surface area contributed by atoms with Crippen molar-refractivity contribution in [3.63, 3.8) is 0 Å². The molecule has 0 radical (unpaired) electrons. The number of morpholine rings is 1. The molecular formula is C27H26N6O3S. The molecule has 4 heterocycles. The van der Waals surface area contributed by atoms with Gasteiger partial charge in [0.1, 0.15) is 11.9 Å². The number of rotatable bonds is 7. The molecule has 10 heteroatoms. The second kappa shape index (κ2) is 10.2. The highest BCUT2D eigenvalue weighted by molar-refractivity contribution is 7.18. The maximum Gasteiger partial charge on any atom is 0.226 e. The van der Waals surface area contributed by atoms with Gasteiger partial charge in [-0.15, -0.1) is 11.3 Å². The number of carbonyl (C=O) groups excluding carboxylic acids is 1. The Hall–Kier alpha value is -4.02. The zero-order valence-electron chi connectivity index (χ0n) is 20.3. The summed E-state index contributed by atoms with van der Waals surface area (Å²) in [5, 5.41) is 11.3. The zero-order valence-corrected chi connectivity index (χ0v) is 21.1. The van der Waals surface area contributed by atoms with Crippen LogP contribution in [0.5, 0.6) is 5.75 Å². The van der Waals surface area contributed by atoms with E-state index >= 15 is 0 Å². The highest BCUT2D eigenvalue weighted by Gasteiger charge is 2.25. The van der Waals surface area contributed by atoms with Crippen LogP contribution in [0.3, 0.4) is 0 Å². The largest absolute Gasteiger partial charge is 0.497 e. The first-order valence-electron chi connectivity index (χ1n) is 12.1. The Morgan fingerprint density at radius 3 is 3.00 bits per heavy atom. The number of carbonyl (C=O) groups is 1. The molecule has 9 nitrogen and oxygen atoms in total. The van der Waals surface area contributed by atoms with E-state index in [4.69, 9.17) is 14.5 Å². The van der Waals surface area contributed by atoms with Gasteiger partial charge in [-0.2, -0.15) is 5.10 Å². The van der Waals surface area contributed by atoms with Crippen molar-refractivity contribution in [3.05, 3.63) is 76.9 Å². The van der Waals surface area contributed by atoms with Crippen molar-refractivity contribution in [1.82, 2.24) is 25.5 Å². The van der Waals surface area contributed by atoms with Crippen molar-refractivity contribution in [1.29, 1.82) is 0 Å². The number of H-pyrrole nitrogens is 1. The minimum atomic E-state index is -0.0895. The minimum Gasteiger partial charge on any atom is -0.497 e. The van der Waals surface area contributed by atoms with Crippen LogP contribution < -0.4 is 15.0 Å². The molecule has 0 spiro atoms. The van der Waals surface area contributed by atoms with Gasteiger partial charge in [-0.3, -0.25) is 9.89 Å². The number of aromatic nitrogens is 4. The second-order valence-electron chi connectivity index (χ2n) is 8.92. The highest BCUT2D eigenvalue weighted by atomic mass is 32.1. The van der Waals surface area contributed by atoms with Crippen LogP contribution in [-0.4, -0.2) is 52.9 Å². The standard InChI is InChI=1S/C27H26N6O3S/c1-35-18-7-5-17(6-8-18)11-26(34)28-13-19-12-23-25(37-19)15-29-27(31-23)33-9-10-36-24(16-33)20-3-2-4-22-21(20)14-30-32-22/h2-8,12,14-15,24H,9-11,13,16H2,1H3,(H,28,34)(H,30,32). The Bertz CT molecular complexity index is 1550. The van der Waals surface area contributed by atoms with E-state index in [9.17, 15) is 4.79 Å². The van der Waals surface area contributed by atoms with E-state index in [0.29, 0.717) is 32.1 Å². The summed E-state index contributed by atoms with van der Waals surface area (Å²) < 4.78 is 12.3. The third kappa shape index (κ3) is 4.98. The number of hydrogen-bond acceptors (Lipinski definition) is 8. The average Bonchev–Trinajstić information content (AvgIpc) is 3.59. The van der Waals surface area contributed by atoms with Gasteiger partial charge >= 0.3 is 0 Å². The molecule has 2 N–H and O–H groups in total. The molecule has 37 heavy (non-hydrogen) atoms. The van der Waals surface area contributed by atoms with Crippen LogP contribution in [0.1, 0.15) is 22.1 Å². The third-order valence-corrected chi connectivity index (χ3v) is 7.57. The number of hydrogen-bond donors (Lipinski definition) is 2. The lowest BCUT2D eigenvalue weighted by Gasteiger charge is -2.33. The van der Waals surface area contributed by atoms with Gasteiger partial charge in [0.25, 0.3) is 0 Å². The lowest BCUT2D eigenvalue weighted by atomic mass is 10.0. The summed E-state index contributed by atoms with van der Waals surface area (Å²) in [7, 11) is 1.63. The molecule has 6 rings (SSSR count). The number of nitrogens with one attached hydrogen (secondary N) is 2. The van der Waals surface area contributed by atoms with Crippen LogP contribution in [-0.2, 0) is 22.5 Å². The second-order valence-corrected chi connectivity index (χ2v) is 10.1. The molecule has 0 saturated carbocycles. The Morgan fingerprint density at radius 2 is 2.14 bits per heavy atom. The number of nitrogens with zero attached hydrogens (tertiary/aromatic N) is 4. The monoisotopic (exact) mass is 514 g/mol. The van der Waals surface area contributed by atoms with E-state index in [1.165, 1.54) is 0 Å². The number of amides is 1. The van der Waals surface area contributed by atoms with Crippen molar-refractivity contribution in [3.8, 4) is 5.75 Å². The number of aromatic amines is 1. The molecule has 1 unspecified atom stereocenters. The smallest absolute Gasteiger partial charge is 0.226 e. The molecule has 0 aliphatic carbocycles. The van der Waals surface area contributed by atoms with Gasteiger partial charge in [0, 0.05) is 16.8 Å². The van der Waals surface area contributed by atoms with Crippen molar-refractivity contribution < 1.29 is 14.3 Å². The van der Waals surface area contributed by atoms with E-state index in [2.05, 4.69) is 31.5 Å². The van der Waals surface area contributed by atoms with E-state index in [1.54, 1.807) is 18.4 Å². The molecule has 0 bridgehead atoms. The summed E-state index contributed by atoms with van der Waals surface area (Å²) in [5.41, 5.74) is 3.94. The van der Waals surface area contributed by atoms with Crippen molar-refractivity contribution >= 4 is 44.3 Å². The maximum atomic E-state index is 12.4. The van der Waals surface area contributed by atoms with Crippen LogP contribution in [0.15, 0.2) is 60.9 Å². The van der Waals surface area contributed by atoms with Gasteiger partial charge in [-0.1, -0.05) is 24.3 Å². The van der Waals surface area contributed by atoms with Crippen LogP contribution in [0.4, 0.5) is 5.95 Å². The fourth-order valence-corrected chi connectivity index (χ4v) is 5.50. The molecule has 188 valence electrons. The Balaban J connectivity index is 1.12. The van der Waals surface area contributed by atoms with Crippen molar-refractivity contribution in [2.75, 3.05) is 31.7 Å². The number of fused-ring (bicyclic) bond motifs is 2. The summed E-state index contributed by atoms with van der Waals surface area (Å²) in [4.78, 5) is 25.1. The Labute approximate surface area is 217 Å². The first-order valence-corrected chi connectivity index (χ1v) is 12.9. The fourth-order valence-electron chi connectivity index (χ4n) is 4.59. The molecule has 1 atom stereocenters. The van der Waals surface area contributed by atoms with Crippen LogP contribution in [0.2, 0.25) is 0 Å². The molecule has 1 fully saturated rings. The maximum absolute atomic E-state index is 12.4. The van der Waals surface area contributed by atoms with Gasteiger partial charge in [-0.25, -0.2) is 9.97 Å². The molecule has 1 amide bonds. The average molecular weight is 515 g/mol. The Kier molecular flexibility index (Phi) is 6.42. The minimum absolute atomic E-state index is 0.0265. The third-order valence-electron chi connectivity index (χ3n) is 6.51. The molecule has 5 aromatic rings. The number of thiophene rings is 1. The number of methoxy groups -OCH3 is 1. The van der Waals surface area contributed by atoms with E-state index in [1.807, 2.05) is 54.9 Å². The van der Waals surface area contributed by atoms with Gasteiger partial charge in [0.05, 0.1) is 61.4 Å². The molecular weight excluding hydrogens is 488 g/mol. The number of benzene rings is 2. The van der Waals surface area contributed by atoms with Crippen molar-refractivity contribution in [2.45, 2.75) is 19.1 Å². The predicted molar refractivity (Wildman–Crippen MR) is 143 cm³/mol. The zero-order chi connectivity index (χ0) is 25.2. The SMILES string of the molecule is COc1ccc(CC(=O)NCc2cc3nc(N4CCOC(c5cccc6[nH]ncc56)C4)ncc3s2)cc1. The lowest BCUT2D eigenvalue weighted by Crippen LogP contribution is -2.39. The first-order chi connectivity index (χ1) is 18.2. The quantitative estimate of drug-likeness (QED) is 0.338. The van der Waals surface area contributed by atoms with E-state index in [-0.39, 0.29) is 12.0 Å². The molecule has 3 aromatic heterocycles. The van der Waals surface area contributed by atoms with Gasteiger partial charge in [0.15, 0.2) is 0 Å². The molecule has 2 aromatic carbocycles. The van der Waals surface area contributed by atoms with Crippen LogP contribution in [0, 0.1) is 0 Å².